The van der Waals surface area contributed by atoms with E-state index in [0.717, 1.165) is 12.1 Å². The fourth-order valence-electron chi connectivity index (χ4n) is 2.82. The summed E-state index contributed by atoms with van der Waals surface area (Å²) < 4.78 is 40.6. The molecule has 3 rings (SSSR count). The molecule has 0 aliphatic rings. The Bertz CT molecular complexity index is 1160. The number of aromatic nitrogens is 4. The number of carbonyl (C=O) groups excluding carboxylic acids is 1. The minimum Gasteiger partial charge on any atom is -0.349 e. The molecule has 3 aromatic rings. The quantitative estimate of drug-likeness (QED) is 0.455. The van der Waals surface area contributed by atoms with E-state index >= 15 is 0 Å². The van der Waals surface area contributed by atoms with Gasteiger partial charge in [0.2, 0.25) is 0 Å². The van der Waals surface area contributed by atoms with Gasteiger partial charge in [-0.3, -0.25) is 4.79 Å². The summed E-state index contributed by atoms with van der Waals surface area (Å²) in [6, 6.07) is 5.45. The number of nitrogens with one attached hydrogen (secondary N) is 2. The van der Waals surface area contributed by atoms with Gasteiger partial charge in [0, 0.05) is 16.5 Å². The summed E-state index contributed by atoms with van der Waals surface area (Å²) in [6.07, 6.45) is -1.75. The van der Waals surface area contributed by atoms with Gasteiger partial charge in [-0.2, -0.15) is 23.0 Å². The Hall–Kier alpha value is -3.05. The van der Waals surface area contributed by atoms with Crippen LogP contribution >= 0.6 is 23.8 Å². The zero-order valence-electron chi connectivity index (χ0n) is 17.8. The van der Waals surface area contributed by atoms with E-state index in [0.29, 0.717) is 22.3 Å². The Balaban J connectivity index is 1.78. The van der Waals surface area contributed by atoms with Gasteiger partial charge in [0.1, 0.15) is 6.33 Å². The first kappa shape index (κ1) is 24.6. The van der Waals surface area contributed by atoms with E-state index in [-0.39, 0.29) is 16.5 Å². The number of alkyl halides is 3. The van der Waals surface area contributed by atoms with Gasteiger partial charge in [-0.25, -0.2) is 9.97 Å². The number of rotatable bonds is 6. The van der Waals surface area contributed by atoms with E-state index in [4.69, 9.17) is 23.8 Å². The molecule has 12 heteroatoms. The van der Waals surface area contributed by atoms with Gasteiger partial charge >= 0.3 is 6.18 Å². The van der Waals surface area contributed by atoms with Crippen LogP contribution in [0.1, 0.15) is 48.6 Å². The Morgan fingerprint density at radius 1 is 1.15 bits per heavy atom. The number of carbonyl (C=O) groups is 1. The number of nitrogens with zero attached hydrogens (tertiary/aromatic N) is 4. The predicted octanol–water partition coefficient (Wildman–Crippen LogP) is 5.22. The van der Waals surface area contributed by atoms with Gasteiger partial charge in [0.25, 0.3) is 5.91 Å². The molecule has 1 unspecified atom stereocenters. The van der Waals surface area contributed by atoms with E-state index < -0.39 is 23.7 Å². The summed E-state index contributed by atoms with van der Waals surface area (Å²) in [5, 5.41) is 9.66. The van der Waals surface area contributed by atoms with E-state index in [1.165, 1.54) is 17.1 Å². The summed E-state index contributed by atoms with van der Waals surface area (Å²) in [6.45, 7) is 5.58. The number of pyridine rings is 1. The second-order valence-corrected chi connectivity index (χ2v) is 8.38. The van der Waals surface area contributed by atoms with Gasteiger partial charge < -0.3 is 10.6 Å². The Labute approximate surface area is 198 Å². The first-order valence-corrected chi connectivity index (χ1v) is 10.6. The van der Waals surface area contributed by atoms with Crippen molar-refractivity contribution in [3.05, 3.63) is 64.8 Å². The fourth-order valence-corrected chi connectivity index (χ4v) is 3.18. The van der Waals surface area contributed by atoms with Gasteiger partial charge in [0.05, 0.1) is 28.5 Å². The van der Waals surface area contributed by atoms with Gasteiger partial charge in [-0.15, -0.1) is 0 Å². The average molecular weight is 497 g/mol. The molecule has 2 aromatic heterocycles. The SMILES string of the molecule is CC(C)C(=S)Nc1ccc(-n2ncnc2C(C)NC(=O)c2cc(Cl)cc(C(F)(F)F)c2)nc1. The van der Waals surface area contributed by atoms with Crippen molar-refractivity contribution in [2.24, 2.45) is 5.92 Å². The maximum Gasteiger partial charge on any atom is 0.416 e. The molecule has 1 aromatic carbocycles. The predicted molar refractivity (Wildman–Crippen MR) is 123 cm³/mol. The van der Waals surface area contributed by atoms with Crippen molar-refractivity contribution in [2.75, 3.05) is 5.32 Å². The lowest BCUT2D eigenvalue weighted by molar-refractivity contribution is -0.137. The molecule has 2 N–H and O–H groups in total. The normalized spacial score (nSPS) is 12.5. The monoisotopic (exact) mass is 496 g/mol. The highest BCUT2D eigenvalue weighted by atomic mass is 35.5. The number of thiocarbonyl (C=S) groups is 1. The van der Waals surface area contributed by atoms with Crippen molar-refractivity contribution in [2.45, 2.75) is 33.0 Å². The van der Waals surface area contributed by atoms with E-state index in [1.807, 2.05) is 13.8 Å². The summed E-state index contributed by atoms with van der Waals surface area (Å²) in [4.78, 5) is 21.8. The van der Waals surface area contributed by atoms with E-state index in [9.17, 15) is 18.0 Å². The molecule has 0 aliphatic carbocycles. The van der Waals surface area contributed by atoms with Crippen LogP contribution in [-0.4, -0.2) is 30.6 Å². The van der Waals surface area contributed by atoms with Crippen LogP contribution in [0.2, 0.25) is 5.02 Å². The molecule has 33 heavy (non-hydrogen) atoms. The zero-order valence-corrected chi connectivity index (χ0v) is 19.4. The second-order valence-electron chi connectivity index (χ2n) is 7.50. The number of anilines is 1. The van der Waals surface area contributed by atoms with E-state index in [1.54, 1.807) is 25.3 Å². The first-order valence-electron chi connectivity index (χ1n) is 9.81. The highest BCUT2D eigenvalue weighted by Crippen LogP contribution is 2.32. The van der Waals surface area contributed by atoms with Gasteiger partial charge in [0.15, 0.2) is 11.6 Å². The molecule has 2 heterocycles. The van der Waals surface area contributed by atoms with Crippen LogP contribution in [0.15, 0.2) is 42.9 Å². The maximum absolute atomic E-state index is 13.0. The van der Waals surface area contributed by atoms with Crippen LogP contribution < -0.4 is 10.6 Å². The van der Waals surface area contributed by atoms with Crippen LogP contribution in [0, 0.1) is 5.92 Å². The lowest BCUT2D eigenvalue weighted by atomic mass is 10.1. The summed E-state index contributed by atoms with van der Waals surface area (Å²) in [7, 11) is 0. The number of hydrogen-bond donors (Lipinski definition) is 2. The third-order valence-electron chi connectivity index (χ3n) is 4.55. The highest BCUT2D eigenvalue weighted by molar-refractivity contribution is 7.80. The first-order chi connectivity index (χ1) is 15.5. The van der Waals surface area contributed by atoms with Crippen molar-refractivity contribution in [3.8, 4) is 5.82 Å². The topological polar surface area (TPSA) is 84.7 Å². The average Bonchev–Trinajstić information content (AvgIpc) is 3.23. The molecule has 0 saturated carbocycles. The third kappa shape index (κ3) is 6.05. The van der Waals surface area contributed by atoms with E-state index in [2.05, 4.69) is 25.7 Å². The summed E-state index contributed by atoms with van der Waals surface area (Å²) in [5.41, 5.74) is -0.518. The minimum atomic E-state index is -4.63. The minimum absolute atomic E-state index is 0.178. The molecule has 0 saturated heterocycles. The van der Waals surface area contributed by atoms with Crippen molar-refractivity contribution < 1.29 is 18.0 Å². The van der Waals surface area contributed by atoms with Crippen LogP contribution in [0.25, 0.3) is 5.82 Å². The van der Waals surface area contributed by atoms with Crippen molar-refractivity contribution in [3.63, 3.8) is 0 Å². The number of amides is 1. The number of halogens is 4. The highest BCUT2D eigenvalue weighted by Gasteiger charge is 2.32. The van der Waals surface area contributed by atoms with Crippen molar-refractivity contribution in [1.82, 2.24) is 25.1 Å². The fraction of sp³-hybridized carbons (Fsp3) is 0.286. The van der Waals surface area contributed by atoms with Crippen LogP contribution in [0.5, 0.6) is 0 Å². The second kappa shape index (κ2) is 9.84. The summed E-state index contributed by atoms with van der Waals surface area (Å²) in [5.74, 6) is 0.219. The summed E-state index contributed by atoms with van der Waals surface area (Å²) >= 11 is 11.0. The van der Waals surface area contributed by atoms with Crippen LogP contribution in [-0.2, 0) is 6.18 Å². The van der Waals surface area contributed by atoms with Crippen LogP contribution in [0.3, 0.4) is 0 Å². The molecule has 0 spiro atoms. The smallest absolute Gasteiger partial charge is 0.349 e. The van der Waals surface area contributed by atoms with Crippen molar-refractivity contribution in [1.29, 1.82) is 0 Å². The van der Waals surface area contributed by atoms with Crippen LogP contribution in [0.4, 0.5) is 18.9 Å². The Kier molecular flexibility index (Phi) is 7.33. The molecule has 1 amide bonds. The maximum atomic E-state index is 13.0. The Morgan fingerprint density at radius 3 is 2.48 bits per heavy atom. The molecule has 0 radical (unpaired) electrons. The molecule has 0 aliphatic heterocycles. The molecule has 174 valence electrons. The molecule has 0 fully saturated rings. The largest absolute Gasteiger partial charge is 0.416 e. The van der Waals surface area contributed by atoms with Gasteiger partial charge in [-0.1, -0.05) is 37.7 Å². The standard InChI is InChI=1S/C21H20ClF3N6OS/c1-11(2)20(33)30-16-4-5-17(26-9-16)31-18(27-10-28-31)12(3)29-19(32)13-6-14(21(23,24)25)8-15(22)7-13/h4-12H,1-3H3,(H,29,32)(H,30,33). The van der Waals surface area contributed by atoms with Crippen molar-refractivity contribution >= 4 is 40.4 Å². The molecule has 0 bridgehead atoms. The molecule has 1 atom stereocenters. The third-order valence-corrected chi connectivity index (χ3v) is 5.34. The number of hydrogen-bond acceptors (Lipinski definition) is 5. The molecule has 7 nitrogen and oxygen atoms in total. The van der Waals surface area contributed by atoms with Gasteiger partial charge in [-0.05, 0) is 37.3 Å². The molecular weight excluding hydrogens is 477 g/mol. The zero-order chi connectivity index (χ0) is 24.3. The number of benzene rings is 1. The lowest BCUT2D eigenvalue weighted by Crippen LogP contribution is -2.29. The lowest BCUT2D eigenvalue weighted by Gasteiger charge is -2.16. The molecular formula is C21H20ClF3N6OS. The Morgan fingerprint density at radius 2 is 1.88 bits per heavy atom.